The van der Waals surface area contributed by atoms with E-state index in [0.717, 1.165) is 6.20 Å². The predicted molar refractivity (Wildman–Crippen MR) is 67.9 cm³/mol. The van der Waals surface area contributed by atoms with Crippen molar-refractivity contribution in [3.05, 3.63) is 22.5 Å². The summed E-state index contributed by atoms with van der Waals surface area (Å²) >= 11 is 0. The van der Waals surface area contributed by atoms with Gasteiger partial charge in [-0.2, -0.15) is 5.10 Å². The Bertz CT molecular complexity index is 511. The highest BCUT2D eigenvalue weighted by atomic mass is 16.6. The number of aryl methyl sites for hydroxylation is 1. The molecule has 0 spiro atoms. The normalized spacial score (nSPS) is 12.2. The molecule has 2 N–H and O–H groups in total. The number of hydrogen-bond donors (Lipinski definition) is 2. The summed E-state index contributed by atoms with van der Waals surface area (Å²) in [6.07, 6.45) is 2.30. The fourth-order valence-electron chi connectivity index (χ4n) is 1.54. The summed E-state index contributed by atoms with van der Waals surface area (Å²) in [5, 5.41) is 25.5. The molecular formula is C11H16N4O5. The molecule has 9 nitrogen and oxygen atoms in total. The van der Waals surface area contributed by atoms with Gasteiger partial charge in [0.15, 0.2) is 0 Å². The van der Waals surface area contributed by atoms with Gasteiger partial charge >= 0.3 is 11.7 Å². The number of rotatable bonds is 7. The first kappa shape index (κ1) is 15.6. The fourth-order valence-corrected chi connectivity index (χ4v) is 1.54. The zero-order chi connectivity index (χ0) is 15.3. The lowest BCUT2D eigenvalue weighted by atomic mass is 10.0. The second-order valence-corrected chi connectivity index (χ2v) is 4.60. The van der Waals surface area contributed by atoms with E-state index in [9.17, 15) is 19.7 Å². The Morgan fingerprint density at radius 3 is 2.65 bits per heavy atom. The maximum Gasteiger partial charge on any atom is 0.326 e. The molecule has 1 aromatic heterocycles. The number of aliphatic carboxylic acids is 1. The standard InChI is InChI=1S/C11H16N4O5/c1-7(2)10(11(17)18)13-9(16)3-4-14-6-8(5-12-14)15(19)20/h5-7,10H,3-4H2,1-2H3,(H,13,16)(H,17,18)/t10-/m0/s1. The molecule has 0 radical (unpaired) electrons. The van der Waals surface area contributed by atoms with Crippen molar-refractivity contribution in [2.24, 2.45) is 5.92 Å². The van der Waals surface area contributed by atoms with Crippen molar-refractivity contribution >= 4 is 17.6 Å². The summed E-state index contributed by atoms with van der Waals surface area (Å²) in [4.78, 5) is 32.4. The Labute approximate surface area is 114 Å². The SMILES string of the molecule is CC(C)[C@H](NC(=O)CCn1cc([N+](=O)[O-])cn1)C(=O)O. The van der Waals surface area contributed by atoms with Gasteiger partial charge < -0.3 is 10.4 Å². The number of aromatic nitrogens is 2. The summed E-state index contributed by atoms with van der Waals surface area (Å²) in [6.45, 7) is 3.52. The Hall–Kier alpha value is -2.45. The molecule has 0 saturated carbocycles. The van der Waals surface area contributed by atoms with Crippen LogP contribution in [0.25, 0.3) is 0 Å². The number of carbonyl (C=O) groups is 2. The van der Waals surface area contributed by atoms with E-state index in [1.165, 1.54) is 10.9 Å². The minimum Gasteiger partial charge on any atom is -0.480 e. The maximum absolute atomic E-state index is 11.6. The number of carboxylic acids is 1. The first-order chi connectivity index (χ1) is 9.31. The van der Waals surface area contributed by atoms with Gasteiger partial charge in [-0.25, -0.2) is 4.79 Å². The van der Waals surface area contributed by atoms with Gasteiger partial charge in [0, 0.05) is 13.0 Å². The molecule has 0 aromatic carbocycles. The Morgan fingerprint density at radius 2 is 2.20 bits per heavy atom. The number of carbonyl (C=O) groups excluding carboxylic acids is 1. The predicted octanol–water partition coefficient (Wildman–Crippen LogP) is 0.407. The van der Waals surface area contributed by atoms with Crippen LogP contribution in [-0.2, 0) is 16.1 Å². The third-order valence-corrected chi connectivity index (χ3v) is 2.65. The Morgan fingerprint density at radius 1 is 1.55 bits per heavy atom. The third kappa shape index (κ3) is 4.34. The molecule has 9 heteroatoms. The van der Waals surface area contributed by atoms with E-state index in [4.69, 9.17) is 5.11 Å². The van der Waals surface area contributed by atoms with Crippen LogP contribution < -0.4 is 5.32 Å². The van der Waals surface area contributed by atoms with Crippen LogP contribution in [0.5, 0.6) is 0 Å². The van der Waals surface area contributed by atoms with Crippen LogP contribution in [0.15, 0.2) is 12.4 Å². The zero-order valence-electron chi connectivity index (χ0n) is 11.1. The average molecular weight is 284 g/mol. The lowest BCUT2D eigenvalue weighted by molar-refractivity contribution is -0.385. The molecule has 0 unspecified atom stereocenters. The van der Waals surface area contributed by atoms with Gasteiger partial charge in [0.2, 0.25) is 5.91 Å². The quantitative estimate of drug-likeness (QED) is 0.551. The largest absolute Gasteiger partial charge is 0.480 e. The first-order valence-corrected chi connectivity index (χ1v) is 6.00. The van der Waals surface area contributed by atoms with Gasteiger partial charge in [0.05, 0.1) is 4.92 Å². The smallest absolute Gasteiger partial charge is 0.326 e. The third-order valence-electron chi connectivity index (χ3n) is 2.65. The molecule has 0 bridgehead atoms. The molecule has 1 heterocycles. The first-order valence-electron chi connectivity index (χ1n) is 6.00. The topological polar surface area (TPSA) is 127 Å². The summed E-state index contributed by atoms with van der Waals surface area (Å²) in [6, 6.07) is -0.950. The van der Waals surface area contributed by atoms with Crippen molar-refractivity contribution in [1.29, 1.82) is 0 Å². The lowest BCUT2D eigenvalue weighted by Gasteiger charge is -2.17. The lowest BCUT2D eigenvalue weighted by Crippen LogP contribution is -2.44. The van der Waals surface area contributed by atoms with E-state index in [0.29, 0.717) is 0 Å². The van der Waals surface area contributed by atoms with E-state index >= 15 is 0 Å². The molecule has 1 amide bonds. The van der Waals surface area contributed by atoms with Crippen molar-refractivity contribution < 1.29 is 19.6 Å². The van der Waals surface area contributed by atoms with Gasteiger partial charge in [0.1, 0.15) is 18.4 Å². The van der Waals surface area contributed by atoms with Crippen LogP contribution >= 0.6 is 0 Å². The van der Waals surface area contributed by atoms with Crippen LogP contribution in [0.4, 0.5) is 5.69 Å². The Kier molecular flexibility index (Phi) is 5.18. The number of carboxylic acid groups (broad SMARTS) is 1. The molecule has 1 atom stereocenters. The highest BCUT2D eigenvalue weighted by Gasteiger charge is 2.23. The molecule has 1 rings (SSSR count). The second kappa shape index (κ2) is 6.64. The van der Waals surface area contributed by atoms with Crippen LogP contribution in [0.2, 0.25) is 0 Å². The summed E-state index contributed by atoms with van der Waals surface area (Å²) < 4.78 is 1.27. The van der Waals surface area contributed by atoms with Crippen molar-refractivity contribution in [2.75, 3.05) is 0 Å². The molecular weight excluding hydrogens is 268 g/mol. The van der Waals surface area contributed by atoms with Gasteiger partial charge in [-0.15, -0.1) is 0 Å². The van der Waals surface area contributed by atoms with E-state index in [-0.39, 0.29) is 24.6 Å². The molecule has 0 fully saturated rings. The molecule has 0 saturated heterocycles. The summed E-state index contributed by atoms with van der Waals surface area (Å²) in [5.41, 5.74) is -0.156. The summed E-state index contributed by atoms with van der Waals surface area (Å²) in [7, 11) is 0. The van der Waals surface area contributed by atoms with Crippen LogP contribution in [-0.4, -0.2) is 37.7 Å². The van der Waals surface area contributed by atoms with E-state index in [1.807, 2.05) is 0 Å². The number of hydrogen-bond acceptors (Lipinski definition) is 5. The minimum atomic E-state index is -1.09. The van der Waals surface area contributed by atoms with E-state index in [1.54, 1.807) is 13.8 Å². The van der Waals surface area contributed by atoms with Gasteiger partial charge in [-0.3, -0.25) is 19.6 Å². The van der Waals surface area contributed by atoms with Gasteiger partial charge in [-0.05, 0) is 5.92 Å². The maximum atomic E-state index is 11.6. The molecule has 110 valence electrons. The summed E-state index contributed by atoms with van der Waals surface area (Å²) in [5.74, 6) is -1.77. The number of amides is 1. The zero-order valence-corrected chi connectivity index (χ0v) is 11.1. The van der Waals surface area contributed by atoms with Crippen LogP contribution in [0, 0.1) is 16.0 Å². The highest BCUT2D eigenvalue weighted by molar-refractivity contribution is 5.83. The van der Waals surface area contributed by atoms with Gasteiger partial charge in [-0.1, -0.05) is 13.8 Å². The average Bonchev–Trinajstić information content (AvgIpc) is 2.81. The second-order valence-electron chi connectivity index (χ2n) is 4.60. The number of nitro groups is 1. The molecule has 0 aliphatic carbocycles. The van der Waals surface area contributed by atoms with Crippen LogP contribution in [0.3, 0.4) is 0 Å². The van der Waals surface area contributed by atoms with Crippen molar-refractivity contribution in [3.8, 4) is 0 Å². The number of nitrogens with zero attached hydrogens (tertiary/aromatic N) is 3. The molecule has 1 aromatic rings. The highest BCUT2D eigenvalue weighted by Crippen LogP contribution is 2.08. The minimum absolute atomic E-state index is 0.00463. The van der Waals surface area contributed by atoms with E-state index < -0.39 is 22.8 Å². The van der Waals surface area contributed by atoms with E-state index in [2.05, 4.69) is 10.4 Å². The van der Waals surface area contributed by atoms with Crippen molar-refractivity contribution in [3.63, 3.8) is 0 Å². The van der Waals surface area contributed by atoms with Crippen molar-refractivity contribution in [2.45, 2.75) is 32.9 Å². The van der Waals surface area contributed by atoms with Crippen LogP contribution in [0.1, 0.15) is 20.3 Å². The fraction of sp³-hybridized carbons (Fsp3) is 0.545. The van der Waals surface area contributed by atoms with Gasteiger partial charge in [0.25, 0.3) is 0 Å². The Balaban J connectivity index is 2.50. The molecule has 0 aliphatic rings. The van der Waals surface area contributed by atoms with Crippen molar-refractivity contribution in [1.82, 2.24) is 15.1 Å². The monoisotopic (exact) mass is 284 g/mol. The molecule has 20 heavy (non-hydrogen) atoms. The molecule has 0 aliphatic heterocycles. The number of nitrogens with one attached hydrogen (secondary N) is 1.